The van der Waals surface area contributed by atoms with E-state index in [1.165, 1.54) is 0 Å². The molecule has 10 heavy (non-hydrogen) atoms. The van der Waals surface area contributed by atoms with Crippen LogP contribution in [0.15, 0.2) is 4.99 Å². The van der Waals surface area contributed by atoms with Crippen LogP contribution in [-0.2, 0) is 4.79 Å². The van der Waals surface area contributed by atoms with Crippen LogP contribution in [0.2, 0.25) is 0 Å². The van der Waals surface area contributed by atoms with Crippen molar-refractivity contribution < 1.29 is 4.79 Å². The van der Waals surface area contributed by atoms with E-state index in [4.69, 9.17) is 0 Å². The summed E-state index contributed by atoms with van der Waals surface area (Å²) < 4.78 is 0. The fourth-order valence-corrected chi connectivity index (χ4v) is 1.35. The Morgan fingerprint density at radius 2 is 2.40 bits per heavy atom. The number of hydrogen-bond donors (Lipinski definition) is 0. The third kappa shape index (κ3) is 5.86. The first-order valence-electron chi connectivity index (χ1n) is 3.46. The molecule has 0 spiro atoms. The van der Waals surface area contributed by atoms with Gasteiger partial charge in [0, 0.05) is 0 Å². The van der Waals surface area contributed by atoms with E-state index < -0.39 is 0 Å². The summed E-state index contributed by atoms with van der Waals surface area (Å²) in [7, 11) is 0. The largest absolute Gasteiger partial charge is 0.235 e. The van der Waals surface area contributed by atoms with E-state index in [2.05, 4.69) is 11.9 Å². The Kier molecular flexibility index (Phi) is 6.66. The summed E-state index contributed by atoms with van der Waals surface area (Å²) in [5, 5.41) is 0. The minimum Gasteiger partial charge on any atom is -0.211 e. The number of rotatable bonds is 5. The number of thioether (sulfide) groups is 1. The molecule has 2 nitrogen and oxygen atoms in total. The van der Waals surface area contributed by atoms with E-state index in [0.717, 1.165) is 17.9 Å². The molecule has 0 radical (unpaired) electrons. The number of nitrogens with zero attached hydrogens (tertiary/aromatic N) is 1. The zero-order valence-corrected chi connectivity index (χ0v) is 7.28. The Labute approximate surface area is 66.1 Å². The maximum absolute atomic E-state index is 9.75. The number of aliphatic imine (C=N–C) groups is 1. The molecular weight excluding hydrogens is 146 g/mol. The summed E-state index contributed by atoms with van der Waals surface area (Å²) in [6, 6.07) is 0.150. The van der Waals surface area contributed by atoms with Gasteiger partial charge in [-0.15, -0.1) is 0 Å². The van der Waals surface area contributed by atoms with E-state index in [0.29, 0.717) is 0 Å². The lowest BCUT2D eigenvalue weighted by molar-refractivity contribution is 0.557. The van der Waals surface area contributed by atoms with Crippen molar-refractivity contribution >= 4 is 17.8 Å². The minimum absolute atomic E-state index is 0.150. The maximum atomic E-state index is 9.75. The van der Waals surface area contributed by atoms with Crippen molar-refractivity contribution in [3.8, 4) is 0 Å². The molecule has 0 bridgehead atoms. The molecule has 0 saturated heterocycles. The minimum atomic E-state index is 0.150. The standard InChI is InChI=1S/C7H13NOS/c1-3-10-5-4-7(2)8-6-9/h7H,3-5H2,1-2H3. The summed E-state index contributed by atoms with van der Waals surface area (Å²) in [5.74, 6) is 2.22. The Balaban J connectivity index is 3.21. The van der Waals surface area contributed by atoms with Gasteiger partial charge in [-0.25, -0.2) is 9.79 Å². The molecule has 1 atom stereocenters. The van der Waals surface area contributed by atoms with E-state index in [1.807, 2.05) is 18.7 Å². The highest BCUT2D eigenvalue weighted by molar-refractivity contribution is 7.99. The lowest BCUT2D eigenvalue weighted by atomic mass is 10.3. The highest BCUT2D eigenvalue weighted by Crippen LogP contribution is 2.05. The molecule has 0 aliphatic heterocycles. The van der Waals surface area contributed by atoms with Crippen molar-refractivity contribution in [1.82, 2.24) is 0 Å². The van der Waals surface area contributed by atoms with Crippen molar-refractivity contribution in [2.45, 2.75) is 26.3 Å². The average Bonchev–Trinajstić information content (AvgIpc) is 1.89. The van der Waals surface area contributed by atoms with Gasteiger partial charge in [-0.3, -0.25) is 0 Å². The van der Waals surface area contributed by atoms with Gasteiger partial charge in [-0.05, 0) is 24.9 Å². The number of isocyanates is 1. The van der Waals surface area contributed by atoms with Crippen LogP contribution in [0.5, 0.6) is 0 Å². The van der Waals surface area contributed by atoms with E-state index in [-0.39, 0.29) is 6.04 Å². The van der Waals surface area contributed by atoms with Crippen LogP contribution in [0.4, 0.5) is 0 Å². The fourth-order valence-electron chi connectivity index (χ4n) is 0.553. The summed E-state index contributed by atoms with van der Waals surface area (Å²) in [6.07, 6.45) is 2.54. The number of carbonyl (C=O) groups excluding carboxylic acids is 1. The van der Waals surface area contributed by atoms with E-state index >= 15 is 0 Å². The molecule has 0 aromatic heterocycles. The third-order valence-corrected chi connectivity index (χ3v) is 2.09. The molecule has 0 heterocycles. The maximum Gasteiger partial charge on any atom is 0.235 e. The normalized spacial score (nSPS) is 12.2. The molecule has 3 heteroatoms. The monoisotopic (exact) mass is 159 g/mol. The van der Waals surface area contributed by atoms with E-state index in [9.17, 15) is 4.79 Å². The average molecular weight is 159 g/mol. The Bertz CT molecular complexity index is 121. The van der Waals surface area contributed by atoms with Gasteiger partial charge in [-0.1, -0.05) is 6.92 Å². The molecule has 0 aliphatic carbocycles. The van der Waals surface area contributed by atoms with Gasteiger partial charge < -0.3 is 0 Å². The number of hydrogen-bond acceptors (Lipinski definition) is 3. The van der Waals surface area contributed by atoms with Crippen molar-refractivity contribution in [1.29, 1.82) is 0 Å². The van der Waals surface area contributed by atoms with Crippen LogP contribution in [-0.4, -0.2) is 23.6 Å². The molecule has 0 rings (SSSR count). The lowest BCUT2D eigenvalue weighted by Crippen LogP contribution is -1.98. The highest BCUT2D eigenvalue weighted by atomic mass is 32.2. The summed E-state index contributed by atoms with van der Waals surface area (Å²) in [5.41, 5.74) is 0. The molecule has 58 valence electrons. The fraction of sp³-hybridized carbons (Fsp3) is 0.857. The second-order valence-corrected chi connectivity index (χ2v) is 3.45. The first-order valence-corrected chi connectivity index (χ1v) is 4.61. The SMILES string of the molecule is CCSCCC(C)N=C=O. The van der Waals surface area contributed by atoms with Gasteiger partial charge in [-0.2, -0.15) is 11.8 Å². The Hall–Kier alpha value is -0.270. The molecule has 0 saturated carbocycles. The molecule has 1 unspecified atom stereocenters. The highest BCUT2D eigenvalue weighted by Gasteiger charge is 1.96. The first-order chi connectivity index (χ1) is 4.81. The Morgan fingerprint density at radius 1 is 1.70 bits per heavy atom. The lowest BCUT2D eigenvalue weighted by Gasteiger charge is -2.00. The van der Waals surface area contributed by atoms with Crippen LogP contribution in [0.25, 0.3) is 0 Å². The van der Waals surface area contributed by atoms with Gasteiger partial charge in [0.2, 0.25) is 6.08 Å². The zero-order valence-electron chi connectivity index (χ0n) is 6.46. The molecule has 0 aromatic rings. The predicted molar refractivity (Wildman–Crippen MR) is 45.2 cm³/mol. The summed E-state index contributed by atoms with van der Waals surface area (Å²) in [4.78, 5) is 13.3. The second-order valence-electron chi connectivity index (χ2n) is 2.06. The van der Waals surface area contributed by atoms with Crippen LogP contribution < -0.4 is 0 Å². The van der Waals surface area contributed by atoms with Crippen molar-refractivity contribution in [2.75, 3.05) is 11.5 Å². The zero-order chi connectivity index (χ0) is 7.82. The van der Waals surface area contributed by atoms with E-state index in [1.54, 1.807) is 6.08 Å². The van der Waals surface area contributed by atoms with Crippen molar-refractivity contribution in [3.63, 3.8) is 0 Å². The molecular formula is C7H13NOS. The van der Waals surface area contributed by atoms with Gasteiger partial charge in [0.25, 0.3) is 0 Å². The van der Waals surface area contributed by atoms with Crippen LogP contribution in [0, 0.1) is 0 Å². The quantitative estimate of drug-likeness (QED) is 0.348. The van der Waals surface area contributed by atoms with Crippen molar-refractivity contribution in [2.24, 2.45) is 4.99 Å². The smallest absolute Gasteiger partial charge is 0.211 e. The van der Waals surface area contributed by atoms with Gasteiger partial charge >= 0.3 is 0 Å². The molecule has 0 aromatic carbocycles. The summed E-state index contributed by atoms with van der Waals surface area (Å²) >= 11 is 1.87. The van der Waals surface area contributed by atoms with Crippen LogP contribution >= 0.6 is 11.8 Å². The molecule has 0 amide bonds. The Morgan fingerprint density at radius 3 is 2.90 bits per heavy atom. The third-order valence-electron chi connectivity index (χ3n) is 1.16. The predicted octanol–water partition coefficient (Wildman–Crippen LogP) is 1.85. The summed E-state index contributed by atoms with van der Waals surface area (Å²) in [6.45, 7) is 4.06. The molecule has 0 N–H and O–H groups in total. The molecule has 0 aliphatic rings. The first kappa shape index (κ1) is 9.73. The molecule has 0 fully saturated rings. The second kappa shape index (κ2) is 6.84. The van der Waals surface area contributed by atoms with Gasteiger partial charge in [0.05, 0.1) is 6.04 Å². The van der Waals surface area contributed by atoms with Crippen LogP contribution in [0.3, 0.4) is 0 Å². The topological polar surface area (TPSA) is 29.4 Å². The van der Waals surface area contributed by atoms with Crippen molar-refractivity contribution in [3.05, 3.63) is 0 Å². The van der Waals surface area contributed by atoms with Gasteiger partial charge in [0.1, 0.15) is 0 Å². The van der Waals surface area contributed by atoms with Gasteiger partial charge in [0.15, 0.2) is 0 Å². The van der Waals surface area contributed by atoms with Crippen LogP contribution in [0.1, 0.15) is 20.3 Å².